The van der Waals surface area contributed by atoms with Gasteiger partial charge in [0.2, 0.25) is 0 Å². The molecular formula is C43H30N2. The molecule has 1 aliphatic rings. The highest BCUT2D eigenvalue weighted by molar-refractivity contribution is 6.12. The summed E-state index contributed by atoms with van der Waals surface area (Å²) in [6.07, 6.45) is 0. The highest BCUT2D eigenvalue weighted by Gasteiger charge is 2.37. The molecule has 2 heteroatoms. The van der Waals surface area contributed by atoms with Crippen LogP contribution in [-0.2, 0) is 5.41 Å². The van der Waals surface area contributed by atoms with Crippen molar-refractivity contribution >= 4 is 32.3 Å². The van der Waals surface area contributed by atoms with Gasteiger partial charge in [0.05, 0.1) is 11.4 Å². The zero-order valence-corrected chi connectivity index (χ0v) is 25.3. The molecular weight excluding hydrogens is 544 g/mol. The topological polar surface area (TPSA) is 25.8 Å². The van der Waals surface area contributed by atoms with Crippen LogP contribution in [0.5, 0.6) is 0 Å². The normalized spacial score (nSPS) is 13.3. The van der Waals surface area contributed by atoms with E-state index in [1.165, 1.54) is 54.6 Å². The van der Waals surface area contributed by atoms with Gasteiger partial charge in [-0.2, -0.15) is 0 Å². The smallest absolute Gasteiger partial charge is 0.160 e. The van der Waals surface area contributed by atoms with Crippen LogP contribution in [0.25, 0.3) is 77.3 Å². The third kappa shape index (κ3) is 3.96. The van der Waals surface area contributed by atoms with Gasteiger partial charge < -0.3 is 0 Å². The molecule has 0 unspecified atom stereocenters. The molecule has 0 bridgehead atoms. The lowest BCUT2D eigenvalue weighted by Gasteiger charge is -2.22. The molecule has 0 fully saturated rings. The zero-order chi connectivity index (χ0) is 30.1. The molecule has 9 rings (SSSR count). The first kappa shape index (κ1) is 25.9. The lowest BCUT2D eigenvalue weighted by molar-refractivity contribution is 0.661. The van der Waals surface area contributed by atoms with Gasteiger partial charge in [0.25, 0.3) is 0 Å². The first-order valence-corrected chi connectivity index (χ1v) is 15.6. The minimum Gasteiger partial charge on any atom is -0.228 e. The Morgan fingerprint density at radius 1 is 0.422 bits per heavy atom. The average Bonchev–Trinajstić information content (AvgIpc) is 3.32. The molecule has 0 atom stereocenters. The lowest BCUT2D eigenvalue weighted by atomic mass is 9.81. The van der Waals surface area contributed by atoms with E-state index in [9.17, 15) is 0 Å². The number of fused-ring (bicyclic) bond motifs is 7. The van der Waals surface area contributed by atoms with Crippen LogP contribution in [0.1, 0.15) is 25.0 Å². The summed E-state index contributed by atoms with van der Waals surface area (Å²) in [5.74, 6) is 0.731. The maximum Gasteiger partial charge on any atom is 0.160 e. The van der Waals surface area contributed by atoms with Crippen molar-refractivity contribution in [1.29, 1.82) is 0 Å². The van der Waals surface area contributed by atoms with Crippen molar-refractivity contribution in [2.45, 2.75) is 19.3 Å². The van der Waals surface area contributed by atoms with Crippen LogP contribution in [0.2, 0.25) is 0 Å². The molecule has 0 aliphatic heterocycles. The molecule has 7 aromatic carbocycles. The number of rotatable bonds is 3. The summed E-state index contributed by atoms with van der Waals surface area (Å²) in [6, 6.07) is 52.3. The summed E-state index contributed by atoms with van der Waals surface area (Å²) in [7, 11) is 0. The number of nitrogens with zero attached hydrogens (tertiary/aromatic N) is 2. The fourth-order valence-corrected chi connectivity index (χ4v) is 7.39. The van der Waals surface area contributed by atoms with Crippen LogP contribution in [-0.4, -0.2) is 9.97 Å². The summed E-state index contributed by atoms with van der Waals surface area (Å²) in [4.78, 5) is 10.5. The van der Waals surface area contributed by atoms with Crippen molar-refractivity contribution in [3.63, 3.8) is 0 Å². The molecule has 45 heavy (non-hydrogen) atoms. The molecule has 0 amide bonds. The largest absolute Gasteiger partial charge is 0.228 e. The molecule has 212 valence electrons. The fourth-order valence-electron chi connectivity index (χ4n) is 7.39. The van der Waals surface area contributed by atoms with Crippen LogP contribution in [0, 0.1) is 0 Å². The van der Waals surface area contributed by atoms with Crippen molar-refractivity contribution in [3.05, 3.63) is 157 Å². The Morgan fingerprint density at radius 2 is 1.07 bits per heavy atom. The zero-order valence-electron chi connectivity index (χ0n) is 25.3. The maximum atomic E-state index is 5.28. The third-order valence-corrected chi connectivity index (χ3v) is 9.66. The van der Waals surface area contributed by atoms with Gasteiger partial charge in [0.1, 0.15) is 0 Å². The summed E-state index contributed by atoms with van der Waals surface area (Å²) in [5, 5.41) is 7.45. The van der Waals surface area contributed by atoms with Gasteiger partial charge in [0, 0.05) is 22.1 Å². The molecule has 2 nitrogen and oxygen atoms in total. The SMILES string of the molecule is CC1(C)c2cc3ccccc3cc2-c2c(-c3cc(-c4cccc5c4ccc4ccccc45)nc(-c4ccccc4)n3)cccc21. The highest BCUT2D eigenvalue weighted by Crippen LogP contribution is 2.53. The third-order valence-electron chi connectivity index (χ3n) is 9.66. The molecule has 0 N–H and O–H groups in total. The molecule has 1 aromatic heterocycles. The van der Waals surface area contributed by atoms with Crippen molar-refractivity contribution in [2.24, 2.45) is 0 Å². The summed E-state index contributed by atoms with van der Waals surface area (Å²) in [6.45, 7) is 4.69. The molecule has 1 aliphatic carbocycles. The second-order valence-corrected chi connectivity index (χ2v) is 12.6. The van der Waals surface area contributed by atoms with Crippen LogP contribution in [0.15, 0.2) is 146 Å². The van der Waals surface area contributed by atoms with E-state index in [1.807, 2.05) is 6.07 Å². The predicted molar refractivity (Wildman–Crippen MR) is 188 cm³/mol. The van der Waals surface area contributed by atoms with Crippen molar-refractivity contribution in [3.8, 4) is 45.0 Å². The van der Waals surface area contributed by atoms with Crippen molar-refractivity contribution in [2.75, 3.05) is 0 Å². The molecule has 0 radical (unpaired) electrons. The van der Waals surface area contributed by atoms with E-state index in [2.05, 4.69) is 153 Å². The Labute approximate surface area is 262 Å². The molecule has 0 saturated carbocycles. The first-order valence-electron chi connectivity index (χ1n) is 15.6. The first-order chi connectivity index (χ1) is 22.1. The minimum atomic E-state index is -0.125. The second-order valence-electron chi connectivity index (χ2n) is 12.6. The molecule has 0 spiro atoms. The Morgan fingerprint density at radius 3 is 1.89 bits per heavy atom. The summed E-state index contributed by atoms with van der Waals surface area (Å²) < 4.78 is 0. The van der Waals surface area contributed by atoms with Gasteiger partial charge in [-0.25, -0.2) is 9.97 Å². The van der Waals surface area contributed by atoms with Gasteiger partial charge in [-0.05, 0) is 72.8 Å². The Balaban J connectivity index is 1.33. The predicted octanol–water partition coefficient (Wildman–Crippen LogP) is 11.2. The minimum absolute atomic E-state index is 0.125. The fraction of sp³-hybridized carbons (Fsp3) is 0.0698. The quantitative estimate of drug-likeness (QED) is 0.196. The van der Waals surface area contributed by atoms with E-state index >= 15 is 0 Å². The van der Waals surface area contributed by atoms with Crippen LogP contribution in [0.4, 0.5) is 0 Å². The average molecular weight is 575 g/mol. The number of hydrogen-bond donors (Lipinski definition) is 0. The second kappa shape index (κ2) is 9.70. The van der Waals surface area contributed by atoms with Gasteiger partial charge >= 0.3 is 0 Å². The van der Waals surface area contributed by atoms with Crippen molar-refractivity contribution < 1.29 is 0 Å². The Kier molecular flexibility index (Phi) is 5.58. The van der Waals surface area contributed by atoms with Crippen LogP contribution >= 0.6 is 0 Å². The lowest BCUT2D eigenvalue weighted by Crippen LogP contribution is -2.14. The molecule has 8 aromatic rings. The van der Waals surface area contributed by atoms with Gasteiger partial charge in [-0.1, -0.05) is 141 Å². The van der Waals surface area contributed by atoms with Crippen LogP contribution in [0.3, 0.4) is 0 Å². The van der Waals surface area contributed by atoms with E-state index in [4.69, 9.17) is 9.97 Å². The molecule has 0 saturated heterocycles. The van der Waals surface area contributed by atoms with Gasteiger partial charge in [-0.15, -0.1) is 0 Å². The van der Waals surface area contributed by atoms with Crippen LogP contribution < -0.4 is 0 Å². The van der Waals surface area contributed by atoms with E-state index in [0.717, 1.165) is 33.9 Å². The monoisotopic (exact) mass is 574 g/mol. The summed E-state index contributed by atoms with van der Waals surface area (Å²) >= 11 is 0. The number of aromatic nitrogens is 2. The van der Waals surface area contributed by atoms with Crippen molar-refractivity contribution in [1.82, 2.24) is 9.97 Å². The summed E-state index contributed by atoms with van der Waals surface area (Å²) in [5.41, 5.74) is 10.3. The Bertz CT molecular complexity index is 2450. The standard InChI is InChI=1S/C43H30N2/c1-43(2)37-21-11-20-35(41(37)36-24-29-15-6-7-16-30(29)25-38(36)43)40-26-39(44-42(45-40)28-13-4-3-5-14-28)34-19-10-18-32-31-17-9-8-12-27(31)22-23-33(32)34/h3-26H,1-2H3. The van der Waals surface area contributed by atoms with Gasteiger partial charge in [0.15, 0.2) is 5.82 Å². The van der Waals surface area contributed by atoms with E-state index in [0.29, 0.717) is 0 Å². The van der Waals surface area contributed by atoms with E-state index in [-0.39, 0.29) is 5.41 Å². The number of hydrogen-bond acceptors (Lipinski definition) is 2. The van der Waals surface area contributed by atoms with E-state index in [1.54, 1.807) is 0 Å². The maximum absolute atomic E-state index is 5.28. The highest BCUT2D eigenvalue weighted by atomic mass is 14.9. The van der Waals surface area contributed by atoms with Gasteiger partial charge in [-0.3, -0.25) is 0 Å². The number of benzene rings is 7. The Hall–Kier alpha value is -5.60. The molecule has 1 heterocycles. The van der Waals surface area contributed by atoms with E-state index < -0.39 is 0 Å².